The van der Waals surface area contributed by atoms with Gasteiger partial charge in [0.2, 0.25) is 0 Å². The number of benzene rings is 1. The van der Waals surface area contributed by atoms with E-state index in [9.17, 15) is 0 Å². The summed E-state index contributed by atoms with van der Waals surface area (Å²) in [6, 6.07) is 6.47. The van der Waals surface area contributed by atoms with Crippen LogP contribution < -0.4 is 5.73 Å². The van der Waals surface area contributed by atoms with Gasteiger partial charge in [-0.25, -0.2) is 4.98 Å². The smallest absolute Gasteiger partial charge is 0.107 e. The summed E-state index contributed by atoms with van der Waals surface area (Å²) in [6.45, 7) is 4.76. The third kappa shape index (κ3) is 2.08. The van der Waals surface area contributed by atoms with Crippen LogP contribution in [0.5, 0.6) is 0 Å². The van der Waals surface area contributed by atoms with E-state index in [4.69, 9.17) is 5.73 Å². The van der Waals surface area contributed by atoms with Crippen molar-refractivity contribution in [3.05, 3.63) is 40.5 Å². The number of aromatic nitrogens is 1. The topological polar surface area (TPSA) is 38.9 Å². The van der Waals surface area contributed by atoms with Crippen molar-refractivity contribution in [2.75, 3.05) is 0 Å². The molecule has 0 aliphatic heterocycles. The van der Waals surface area contributed by atoms with Gasteiger partial charge in [0.05, 0.1) is 4.88 Å². The van der Waals surface area contributed by atoms with E-state index < -0.39 is 0 Å². The second-order valence-electron chi connectivity index (χ2n) is 3.64. The predicted octanol–water partition coefficient (Wildman–Crippen LogP) is 2.89. The fourth-order valence-corrected chi connectivity index (χ4v) is 2.51. The van der Waals surface area contributed by atoms with Gasteiger partial charge in [-0.1, -0.05) is 23.8 Å². The predicted molar refractivity (Wildman–Crippen MR) is 64.9 cm³/mol. The van der Waals surface area contributed by atoms with Gasteiger partial charge in [-0.05, 0) is 25.0 Å². The van der Waals surface area contributed by atoms with Gasteiger partial charge < -0.3 is 5.73 Å². The first-order chi connectivity index (χ1) is 7.20. The number of thiazole rings is 1. The normalized spacial score (nSPS) is 10.6. The Labute approximate surface area is 93.8 Å². The zero-order chi connectivity index (χ0) is 10.8. The highest BCUT2D eigenvalue weighted by Crippen LogP contribution is 2.29. The van der Waals surface area contributed by atoms with Gasteiger partial charge in [-0.15, -0.1) is 11.3 Å². The molecule has 3 heteroatoms. The maximum absolute atomic E-state index is 5.55. The van der Waals surface area contributed by atoms with Crippen molar-refractivity contribution < 1.29 is 0 Å². The molecule has 78 valence electrons. The van der Waals surface area contributed by atoms with E-state index in [0.717, 1.165) is 5.01 Å². The Morgan fingerprint density at radius 1 is 1.33 bits per heavy atom. The van der Waals surface area contributed by atoms with Gasteiger partial charge >= 0.3 is 0 Å². The van der Waals surface area contributed by atoms with Crippen LogP contribution in [0.1, 0.15) is 16.1 Å². The Morgan fingerprint density at radius 2 is 2.13 bits per heavy atom. The SMILES string of the molecule is Cc1ccc(-c2cnc(CN)s2)c(C)c1. The second kappa shape index (κ2) is 4.13. The molecule has 1 aromatic carbocycles. The summed E-state index contributed by atoms with van der Waals surface area (Å²) in [7, 11) is 0. The average Bonchev–Trinajstić information content (AvgIpc) is 2.66. The van der Waals surface area contributed by atoms with Crippen molar-refractivity contribution in [3.63, 3.8) is 0 Å². The zero-order valence-corrected chi connectivity index (χ0v) is 9.77. The first-order valence-corrected chi connectivity index (χ1v) is 5.75. The van der Waals surface area contributed by atoms with E-state index in [1.807, 2.05) is 6.20 Å². The summed E-state index contributed by atoms with van der Waals surface area (Å²) in [4.78, 5) is 5.47. The fourth-order valence-electron chi connectivity index (χ4n) is 1.62. The summed E-state index contributed by atoms with van der Waals surface area (Å²) in [5.41, 5.74) is 9.40. The molecule has 2 nitrogen and oxygen atoms in total. The van der Waals surface area contributed by atoms with Crippen LogP contribution in [0.15, 0.2) is 24.4 Å². The van der Waals surface area contributed by atoms with E-state index in [1.54, 1.807) is 11.3 Å². The van der Waals surface area contributed by atoms with Crippen LogP contribution in [0.25, 0.3) is 10.4 Å². The molecule has 0 aliphatic carbocycles. The van der Waals surface area contributed by atoms with Crippen LogP contribution in [0.4, 0.5) is 0 Å². The summed E-state index contributed by atoms with van der Waals surface area (Å²) >= 11 is 1.67. The first kappa shape index (κ1) is 10.3. The summed E-state index contributed by atoms with van der Waals surface area (Å²) < 4.78 is 0. The molecule has 1 aromatic heterocycles. The Morgan fingerprint density at radius 3 is 2.73 bits per heavy atom. The Hall–Kier alpha value is -1.19. The standard InChI is InChI=1S/C12H14N2S/c1-8-3-4-10(9(2)5-8)11-7-14-12(6-13)15-11/h3-5,7H,6,13H2,1-2H3. The lowest BCUT2D eigenvalue weighted by Crippen LogP contribution is -1.93. The number of hydrogen-bond donors (Lipinski definition) is 1. The quantitative estimate of drug-likeness (QED) is 0.841. The lowest BCUT2D eigenvalue weighted by atomic mass is 10.1. The monoisotopic (exact) mass is 218 g/mol. The molecule has 0 amide bonds. The van der Waals surface area contributed by atoms with Crippen LogP contribution in [0.2, 0.25) is 0 Å². The molecule has 0 saturated heterocycles. The molecule has 15 heavy (non-hydrogen) atoms. The Balaban J connectivity index is 2.44. The molecular formula is C12H14N2S. The minimum absolute atomic E-state index is 0.523. The molecule has 2 rings (SSSR count). The third-order valence-electron chi connectivity index (χ3n) is 2.38. The van der Waals surface area contributed by atoms with Gasteiger partial charge in [0.25, 0.3) is 0 Å². The van der Waals surface area contributed by atoms with Crippen molar-refractivity contribution >= 4 is 11.3 Å². The van der Waals surface area contributed by atoms with E-state index in [-0.39, 0.29) is 0 Å². The zero-order valence-electron chi connectivity index (χ0n) is 8.95. The second-order valence-corrected chi connectivity index (χ2v) is 4.76. The molecule has 2 aromatic rings. The average molecular weight is 218 g/mol. The van der Waals surface area contributed by atoms with Crippen LogP contribution >= 0.6 is 11.3 Å². The lowest BCUT2D eigenvalue weighted by molar-refractivity contribution is 1.04. The van der Waals surface area contributed by atoms with Crippen molar-refractivity contribution in [2.45, 2.75) is 20.4 Å². The molecule has 0 radical (unpaired) electrons. The van der Waals surface area contributed by atoms with Gasteiger partial charge in [0.15, 0.2) is 0 Å². The van der Waals surface area contributed by atoms with Gasteiger partial charge in [0.1, 0.15) is 5.01 Å². The van der Waals surface area contributed by atoms with Gasteiger partial charge in [-0.3, -0.25) is 0 Å². The highest BCUT2D eigenvalue weighted by Gasteiger charge is 2.05. The van der Waals surface area contributed by atoms with E-state index in [2.05, 4.69) is 37.0 Å². The molecule has 1 heterocycles. The van der Waals surface area contributed by atoms with E-state index in [1.165, 1.54) is 21.6 Å². The van der Waals surface area contributed by atoms with Crippen molar-refractivity contribution in [2.24, 2.45) is 5.73 Å². The van der Waals surface area contributed by atoms with E-state index >= 15 is 0 Å². The summed E-state index contributed by atoms with van der Waals surface area (Å²) in [5.74, 6) is 0. The summed E-state index contributed by atoms with van der Waals surface area (Å²) in [5, 5.41) is 0.991. The number of aryl methyl sites for hydroxylation is 2. The Bertz CT molecular complexity index is 474. The van der Waals surface area contributed by atoms with Gasteiger partial charge in [0, 0.05) is 12.7 Å². The lowest BCUT2D eigenvalue weighted by Gasteiger charge is -2.03. The van der Waals surface area contributed by atoms with Crippen LogP contribution in [0, 0.1) is 13.8 Å². The molecule has 0 fully saturated rings. The minimum atomic E-state index is 0.523. The van der Waals surface area contributed by atoms with Crippen molar-refractivity contribution in [3.8, 4) is 10.4 Å². The maximum atomic E-state index is 5.55. The highest BCUT2D eigenvalue weighted by atomic mass is 32.1. The van der Waals surface area contributed by atoms with Crippen LogP contribution in [-0.2, 0) is 6.54 Å². The third-order valence-corrected chi connectivity index (χ3v) is 3.43. The molecule has 2 N–H and O–H groups in total. The Kier molecular flexibility index (Phi) is 2.84. The molecular weight excluding hydrogens is 204 g/mol. The molecule has 0 saturated carbocycles. The van der Waals surface area contributed by atoms with Crippen molar-refractivity contribution in [1.29, 1.82) is 0 Å². The summed E-state index contributed by atoms with van der Waals surface area (Å²) in [6.07, 6.45) is 1.91. The number of nitrogens with two attached hydrogens (primary N) is 1. The van der Waals surface area contributed by atoms with E-state index in [0.29, 0.717) is 6.54 Å². The van der Waals surface area contributed by atoms with Crippen molar-refractivity contribution in [1.82, 2.24) is 4.98 Å². The molecule has 0 spiro atoms. The number of hydrogen-bond acceptors (Lipinski definition) is 3. The molecule has 0 bridgehead atoms. The first-order valence-electron chi connectivity index (χ1n) is 4.93. The molecule has 0 unspecified atom stereocenters. The van der Waals surface area contributed by atoms with Crippen LogP contribution in [0.3, 0.4) is 0 Å². The highest BCUT2D eigenvalue weighted by molar-refractivity contribution is 7.15. The maximum Gasteiger partial charge on any atom is 0.107 e. The molecule has 0 atom stereocenters. The number of nitrogens with zero attached hydrogens (tertiary/aromatic N) is 1. The molecule has 0 aliphatic rings. The minimum Gasteiger partial charge on any atom is -0.325 e. The number of rotatable bonds is 2. The fraction of sp³-hybridized carbons (Fsp3) is 0.250. The van der Waals surface area contributed by atoms with Gasteiger partial charge in [-0.2, -0.15) is 0 Å². The van der Waals surface area contributed by atoms with Crippen LogP contribution in [-0.4, -0.2) is 4.98 Å². The largest absolute Gasteiger partial charge is 0.325 e.